The first-order chi connectivity index (χ1) is 8.00. The second-order valence-corrected chi connectivity index (χ2v) is 6.16. The first kappa shape index (κ1) is 12.9. The van der Waals surface area contributed by atoms with Crippen molar-refractivity contribution < 1.29 is 15.0 Å². The predicted molar refractivity (Wildman–Crippen MR) is 65.7 cm³/mol. The Balaban J connectivity index is 2.25. The zero-order chi connectivity index (χ0) is 12.5. The fraction of sp³-hybridized carbons (Fsp3) is 0.929. The molecule has 0 aromatic heterocycles. The summed E-state index contributed by atoms with van der Waals surface area (Å²) in [4.78, 5) is 11.7. The molecule has 0 spiro atoms. The molecule has 2 aliphatic carbocycles. The summed E-state index contributed by atoms with van der Waals surface area (Å²) >= 11 is 0. The van der Waals surface area contributed by atoms with E-state index in [1.807, 2.05) is 0 Å². The molecule has 2 fully saturated rings. The monoisotopic (exact) mass is 240 g/mol. The van der Waals surface area contributed by atoms with E-state index in [1.54, 1.807) is 0 Å². The topological polar surface area (TPSA) is 57.5 Å². The van der Waals surface area contributed by atoms with Gasteiger partial charge in [0.2, 0.25) is 0 Å². The number of carboxylic acids is 1. The highest BCUT2D eigenvalue weighted by atomic mass is 16.4. The van der Waals surface area contributed by atoms with Gasteiger partial charge < -0.3 is 10.2 Å². The van der Waals surface area contributed by atoms with Crippen LogP contribution in [-0.4, -0.2) is 21.8 Å². The van der Waals surface area contributed by atoms with E-state index in [1.165, 1.54) is 0 Å². The van der Waals surface area contributed by atoms with Crippen LogP contribution in [0.2, 0.25) is 0 Å². The van der Waals surface area contributed by atoms with E-state index < -0.39 is 17.0 Å². The van der Waals surface area contributed by atoms with Crippen LogP contribution in [0.15, 0.2) is 0 Å². The van der Waals surface area contributed by atoms with Crippen LogP contribution in [0.3, 0.4) is 0 Å². The molecule has 0 saturated heterocycles. The Labute approximate surface area is 103 Å². The summed E-state index contributed by atoms with van der Waals surface area (Å²) in [7, 11) is 0. The SMILES string of the molecule is CC1CCCC(O)(C2(C(=O)O)CCCC2)CC1. The average Bonchev–Trinajstić information content (AvgIpc) is 2.71. The predicted octanol–water partition coefficient (Wildman–Crippen LogP) is 2.96. The molecule has 3 heteroatoms. The summed E-state index contributed by atoms with van der Waals surface area (Å²) in [5.41, 5.74) is -1.81. The molecule has 0 aliphatic heterocycles. The van der Waals surface area contributed by atoms with Gasteiger partial charge >= 0.3 is 5.97 Å². The Morgan fingerprint density at radius 1 is 1.06 bits per heavy atom. The smallest absolute Gasteiger partial charge is 0.312 e. The largest absolute Gasteiger partial charge is 0.481 e. The van der Waals surface area contributed by atoms with E-state index in [0.717, 1.165) is 32.1 Å². The van der Waals surface area contributed by atoms with Crippen LogP contribution in [0, 0.1) is 11.3 Å². The summed E-state index contributed by atoms with van der Waals surface area (Å²) in [5, 5.41) is 20.5. The number of aliphatic hydroxyl groups is 1. The van der Waals surface area contributed by atoms with Gasteiger partial charge in [0.25, 0.3) is 0 Å². The first-order valence-electron chi connectivity index (χ1n) is 6.96. The fourth-order valence-corrected chi connectivity index (χ4v) is 3.83. The summed E-state index contributed by atoms with van der Waals surface area (Å²) in [6.45, 7) is 2.20. The minimum atomic E-state index is -0.958. The van der Waals surface area contributed by atoms with Gasteiger partial charge in [0.05, 0.1) is 11.0 Å². The maximum Gasteiger partial charge on any atom is 0.312 e. The van der Waals surface area contributed by atoms with Gasteiger partial charge in [-0.2, -0.15) is 0 Å². The lowest BCUT2D eigenvalue weighted by molar-refractivity contribution is -0.171. The molecule has 3 nitrogen and oxygen atoms in total. The van der Waals surface area contributed by atoms with Gasteiger partial charge in [0, 0.05) is 0 Å². The molecule has 0 heterocycles. The average molecular weight is 240 g/mol. The van der Waals surface area contributed by atoms with Gasteiger partial charge in [-0.1, -0.05) is 32.6 Å². The third-order valence-corrected chi connectivity index (χ3v) is 5.10. The van der Waals surface area contributed by atoms with Gasteiger partial charge in [0.15, 0.2) is 0 Å². The number of carboxylic acid groups (broad SMARTS) is 1. The zero-order valence-electron chi connectivity index (χ0n) is 10.7. The third-order valence-electron chi connectivity index (χ3n) is 5.10. The van der Waals surface area contributed by atoms with Crippen LogP contribution in [0.5, 0.6) is 0 Å². The van der Waals surface area contributed by atoms with Crippen molar-refractivity contribution in [3.63, 3.8) is 0 Å². The summed E-state index contributed by atoms with van der Waals surface area (Å²) < 4.78 is 0. The third kappa shape index (κ3) is 2.10. The first-order valence-corrected chi connectivity index (χ1v) is 6.96. The van der Waals surface area contributed by atoms with Crippen molar-refractivity contribution in [3.05, 3.63) is 0 Å². The van der Waals surface area contributed by atoms with Crippen LogP contribution < -0.4 is 0 Å². The molecule has 2 N–H and O–H groups in total. The summed E-state index contributed by atoms with van der Waals surface area (Å²) in [6, 6.07) is 0. The molecule has 98 valence electrons. The van der Waals surface area contributed by atoms with Crippen molar-refractivity contribution in [3.8, 4) is 0 Å². The Bertz CT molecular complexity index is 294. The minimum absolute atomic E-state index is 0.622. The Hall–Kier alpha value is -0.570. The second kappa shape index (κ2) is 4.60. The molecule has 0 bridgehead atoms. The quantitative estimate of drug-likeness (QED) is 0.730. The molecule has 0 aromatic carbocycles. The van der Waals surface area contributed by atoms with Gasteiger partial charge in [-0.25, -0.2) is 0 Å². The number of rotatable bonds is 2. The lowest BCUT2D eigenvalue weighted by Crippen LogP contribution is -2.51. The zero-order valence-corrected chi connectivity index (χ0v) is 10.7. The van der Waals surface area contributed by atoms with Crippen molar-refractivity contribution in [2.45, 2.75) is 70.3 Å². The van der Waals surface area contributed by atoms with E-state index in [2.05, 4.69) is 6.92 Å². The molecule has 0 amide bonds. The lowest BCUT2D eigenvalue weighted by atomic mass is 9.66. The van der Waals surface area contributed by atoms with Gasteiger partial charge in [0.1, 0.15) is 0 Å². The maximum absolute atomic E-state index is 11.7. The molecular weight excluding hydrogens is 216 g/mol. The van der Waals surface area contributed by atoms with Crippen LogP contribution in [-0.2, 0) is 4.79 Å². The highest BCUT2D eigenvalue weighted by Crippen LogP contribution is 2.52. The van der Waals surface area contributed by atoms with E-state index in [9.17, 15) is 15.0 Å². The molecule has 17 heavy (non-hydrogen) atoms. The normalized spacial score (nSPS) is 37.6. The molecule has 2 saturated carbocycles. The van der Waals surface area contributed by atoms with Crippen molar-refractivity contribution >= 4 is 5.97 Å². The van der Waals surface area contributed by atoms with Crippen molar-refractivity contribution in [2.24, 2.45) is 11.3 Å². The fourth-order valence-electron chi connectivity index (χ4n) is 3.83. The molecule has 2 aliphatic rings. The number of hydrogen-bond acceptors (Lipinski definition) is 2. The van der Waals surface area contributed by atoms with Crippen LogP contribution in [0.4, 0.5) is 0 Å². The highest BCUT2D eigenvalue weighted by Gasteiger charge is 2.56. The summed E-state index contributed by atoms with van der Waals surface area (Å²) in [6.07, 6.45) is 7.61. The molecule has 0 radical (unpaired) electrons. The van der Waals surface area contributed by atoms with Crippen LogP contribution >= 0.6 is 0 Å². The second-order valence-electron chi connectivity index (χ2n) is 6.16. The molecular formula is C14H24O3. The number of hydrogen-bond donors (Lipinski definition) is 2. The van der Waals surface area contributed by atoms with Crippen molar-refractivity contribution in [2.75, 3.05) is 0 Å². The van der Waals surface area contributed by atoms with Crippen LogP contribution in [0.1, 0.15) is 64.7 Å². The van der Waals surface area contributed by atoms with E-state index in [-0.39, 0.29) is 0 Å². The van der Waals surface area contributed by atoms with Crippen molar-refractivity contribution in [1.82, 2.24) is 0 Å². The summed E-state index contributed by atoms with van der Waals surface area (Å²) in [5.74, 6) is -0.150. The maximum atomic E-state index is 11.7. The van der Waals surface area contributed by atoms with E-state index >= 15 is 0 Å². The molecule has 2 unspecified atom stereocenters. The Kier molecular flexibility index (Phi) is 3.48. The number of aliphatic carboxylic acids is 1. The van der Waals surface area contributed by atoms with Crippen molar-refractivity contribution in [1.29, 1.82) is 0 Å². The molecule has 0 aromatic rings. The highest BCUT2D eigenvalue weighted by molar-refractivity contribution is 5.76. The van der Waals surface area contributed by atoms with Gasteiger partial charge in [-0.15, -0.1) is 0 Å². The molecule has 2 rings (SSSR count). The van der Waals surface area contributed by atoms with Crippen LogP contribution in [0.25, 0.3) is 0 Å². The standard InChI is InChI=1S/C14H24O3/c1-11-5-4-9-14(17,10-6-11)13(12(15)16)7-2-3-8-13/h11,17H,2-10H2,1H3,(H,15,16). The van der Waals surface area contributed by atoms with E-state index in [0.29, 0.717) is 31.6 Å². The van der Waals surface area contributed by atoms with E-state index in [4.69, 9.17) is 0 Å². The van der Waals surface area contributed by atoms with Gasteiger partial charge in [-0.05, 0) is 38.0 Å². The lowest BCUT2D eigenvalue weighted by Gasteiger charge is -2.41. The van der Waals surface area contributed by atoms with Gasteiger partial charge in [-0.3, -0.25) is 4.79 Å². The number of carbonyl (C=O) groups is 1. The Morgan fingerprint density at radius 3 is 2.29 bits per heavy atom. The Morgan fingerprint density at radius 2 is 1.71 bits per heavy atom. The molecule has 2 atom stereocenters. The minimum Gasteiger partial charge on any atom is -0.481 e.